The molecule has 1 amide bonds. The third-order valence-electron chi connectivity index (χ3n) is 14.2. The van der Waals surface area contributed by atoms with Crippen LogP contribution in [0.25, 0.3) is 0 Å². The van der Waals surface area contributed by atoms with E-state index in [2.05, 4.69) is 55.6 Å². The van der Waals surface area contributed by atoms with E-state index in [9.17, 15) is 19.8 Å². The summed E-state index contributed by atoms with van der Waals surface area (Å²) in [6, 6.07) is -0.551. The molecule has 6 nitrogen and oxygen atoms in total. The Morgan fingerprint density at radius 1 is 0.406 bits per heavy atom. The Kier molecular flexibility index (Phi) is 57.0. The van der Waals surface area contributed by atoms with Crippen LogP contribution >= 0.6 is 0 Å². The van der Waals surface area contributed by atoms with E-state index in [0.717, 1.165) is 64.2 Å². The van der Waals surface area contributed by atoms with Crippen LogP contribution in [0.15, 0.2) is 36.5 Å². The summed E-state index contributed by atoms with van der Waals surface area (Å²) < 4.78 is 5.49. The van der Waals surface area contributed by atoms with Crippen molar-refractivity contribution in [1.82, 2.24) is 5.32 Å². The van der Waals surface area contributed by atoms with Gasteiger partial charge < -0.3 is 20.3 Å². The average molecular weight is 971 g/mol. The molecular weight excluding hydrogens is 851 g/mol. The first-order valence-electron chi connectivity index (χ1n) is 30.7. The van der Waals surface area contributed by atoms with Gasteiger partial charge >= 0.3 is 5.97 Å². The van der Waals surface area contributed by atoms with Gasteiger partial charge in [0.15, 0.2) is 0 Å². The molecule has 0 aromatic carbocycles. The summed E-state index contributed by atoms with van der Waals surface area (Å²) in [5, 5.41) is 23.3. The summed E-state index contributed by atoms with van der Waals surface area (Å²) >= 11 is 0. The van der Waals surface area contributed by atoms with Crippen molar-refractivity contribution < 1.29 is 24.5 Å². The highest BCUT2D eigenvalue weighted by molar-refractivity contribution is 5.76. The Balaban J connectivity index is 3.44. The molecule has 0 bridgehead atoms. The molecule has 0 radical (unpaired) electrons. The predicted octanol–water partition coefficient (Wildman–Crippen LogP) is 19.2. The minimum Gasteiger partial charge on any atom is -0.466 e. The lowest BCUT2D eigenvalue weighted by Gasteiger charge is -2.22. The van der Waals surface area contributed by atoms with E-state index < -0.39 is 12.1 Å². The second-order valence-electron chi connectivity index (χ2n) is 21.0. The second-order valence-corrected chi connectivity index (χ2v) is 21.0. The first-order chi connectivity index (χ1) is 34.0. The molecule has 0 saturated heterocycles. The molecule has 0 aromatic rings. The van der Waals surface area contributed by atoms with Gasteiger partial charge in [0.1, 0.15) is 0 Å². The van der Waals surface area contributed by atoms with Crippen molar-refractivity contribution in [2.24, 2.45) is 0 Å². The lowest BCUT2D eigenvalue weighted by molar-refractivity contribution is -0.143. The van der Waals surface area contributed by atoms with Crippen LogP contribution < -0.4 is 5.32 Å². The quantitative estimate of drug-likeness (QED) is 0.0321. The fourth-order valence-electron chi connectivity index (χ4n) is 9.43. The predicted molar refractivity (Wildman–Crippen MR) is 301 cm³/mol. The van der Waals surface area contributed by atoms with Gasteiger partial charge in [-0.05, 0) is 83.5 Å². The van der Waals surface area contributed by atoms with Crippen LogP contribution in [0.5, 0.6) is 0 Å². The Labute approximate surface area is 430 Å². The number of unbranched alkanes of at least 4 members (excludes halogenated alkanes) is 40. The molecule has 3 N–H and O–H groups in total. The van der Waals surface area contributed by atoms with Crippen molar-refractivity contribution in [3.8, 4) is 0 Å². The molecular formula is C63H119NO5. The zero-order valence-corrected chi connectivity index (χ0v) is 46.3. The third kappa shape index (κ3) is 55.2. The van der Waals surface area contributed by atoms with E-state index in [-0.39, 0.29) is 18.5 Å². The standard InChI is InChI=1S/C63H119NO5/c1-3-5-7-9-11-13-15-17-19-21-22-25-29-33-37-41-45-49-53-57-63(68)69-58-54-50-46-42-38-34-30-26-23-24-28-32-36-40-44-48-52-56-62(67)64-60(59-65)61(66)55-51-47-43-39-35-31-27-20-18-16-14-12-10-8-6-4-2/h11,13,17,19,23,26,60-61,65-66H,3-10,12,14-16,18,20-22,24-25,27-59H2,1-2H3,(H,64,67)/b13-11-,19-17-,26-23-. The highest BCUT2D eigenvalue weighted by atomic mass is 16.5. The Morgan fingerprint density at radius 3 is 1.14 bits per heavy atom. The van der Waals surface area contributed by atoms with E-state index in [4.69, 9.17) is 4.74 Å². The highest BCUT2D eigenvalue weighted by Gasteiger charge is 2.20. The molecule has 0 saturated carbocycles. The van der Waals surface area contributed by atoms with Crippen molar-refractivity contribution in [3.63, 3.8) is 0 Å². The number of allylic oxidation sites excluding steroid dienone is 6. The van der Waals surface area contributed by atoms with Gasteiger partial charge in [-0.2, -0.15) is 0 Å². The van der Waals surface area contributed by atoms with Gasteiger partial charge in [0.05, 0.1) is 25.4 Å². The SMILES string of the molecule is CCCCC/C=C\C/C=C\CCCCCCCCCCCC(=O)OCCCCCCCC/C=C\CCCCCCCCCC(=O)NC(CO)C(O)CCCCCCCCCCCCCCCCCC. The normalized spacial score (nSPS) is 12.8. The molecule has 69 heavy (non-hydrogen) atoms. The second kappa shape index (κ2) is 58.6. The number of aliphatic hydroxyl groups excluding tert-OH is 2. The van der Waals surface area contributed by atoms with E-state index in [1.54, 1.807) is 0 Å². The molecule has 6 heteroatoms. The van der Waals surface area contributed by atoms with Crippen molar-refractivity contribution in [2.75, 3.05) is 13.2 Å². The number of carbonyl (C=O) groups excluding carboxylic acids is 2. The summed E-state index contributed by atoms with van der Waals surface area (Å²) in [6.45, 7) is 4.92. The molecule has 0 heterocycles. The minimum absolute atomic E-state index is 0.00534. The van der Waals surface area contributed by atoms with Gasteiger partial charge in [-0.25, -0.2) is 0 Å². The van der Waals surface area contributed by atoms with Crippen molar-refractivity contribution >= 4 is 11.9 Å². The lowest BCUT2D eigenvalue weighted by atomic mass is 10.0. The molecule has 0 aliphatic rings. The smallest absolute Gasteiger partial charge is 0.305 e. The summed E-state index contributed by atoms with van der Waals surface area (Å²) in [5.74, 6) is -0.0510. The Bertz CT molecular complexity index is 1120. The summed E-state index contributed by atoms with van der Waals surface area (Å²) in [6.07, 6.45) is 72.8. The fraction of sp³-hybridized carbons (Fsp3) is 0.873. The van der Waals surface area contributed by atoms with Gasteiger partial charge in [-0.15, -0.1) is 0 Å². The average Bonchev–Trinajstić information content (AvgIpc) is 3.35. The van der Waals surface area contributed by atoms with Crippen LogP contribution in [-0.4, -0.2) is 47.4 Å². The molecule has 0 aliphatic heterocycles. The van der Waals surface area contributed by atoms with Gasteiger partial charge in [0, 0.05) is 12.8 Å². The van der Waals surface area contributed by atoms with E-state index in [1.165, 1.54) is 231 Å². The van der Waals surface area contributed by atoms with Crippen molar-refractivity contribution in [2.45, 2.75) is 341 Å². The van der Waals surface area contributed by atoms with Crippen LogP contribution in [0.2, 0.25) is 0 Å². The Morgan fingerprint density at radius 2 is 0.725 bits per heavy atom. The number of amides is 1. The van der Waals surface area contributed by atoms with Gasteiger partial charge in [0.2, 0.25) is 5.91 Å². The zero-order chi connectivity index (χ0) is 50.0. The molecule has 406 valence electrons. The molecule has 0 aromatic heterocycles. The summed E-state index contributed by atoms with van der Waals surface area (Å²) in [4.78, 5) is 24.6. The van der Waals surface area contributed by atoms with Crippen LogP contribution in [-0.2, 0) is 14.3 Å². The van der Waals surface area contributed by atoms with Crippen LogP contribution in [0, 0.1) is 0 Å². The van der Waals surface area contributed by atoms with Gasteiger partial charge in [-0.1, -0.05) is 269 Å². The zero-order valence-electron chi connectivity index (χ0n) is 46.3. The highest BCUT2D eigenvalue weighted by Crippen LogP contribution is 2.17. The fourth-order valence-corrected chi connectivity index (χ4v) is 9.43. The molecule has 2 atom stereocenters. The van der Waals surface area contributed by atoms with Gasteiger partial charge in [0.25, 0.3) is 0 Å². The largest absolute Gasteiger partial charge is 0.466 e. The maximum Gasteiger partial charge on any atom is 0.305 e. The third-order valence-corrected chi connectivity index (χ3v) is 14.2. The molecule has 0 spiro atoms. The van der Waals surface area contributed by atoms with Crippen LogP contribution in [0.1, 0.15) is 328 Å². The maximum atomic E-state index is 12.5. The number of esters is 1. The monoisotopic (exact) mass is 970 g/mol. The Hall–Kier alpha value is -1.92. The number of aliphatic hydroxyl groups is 2. The van der Waals surface area contributed by atoms with Crippen LogP contribution in [0.3, 0.4) is 0 Å². The van der Waals surface area contributed by atoms with E-state index in [1.807, 2.05) is 0 Å². The summed E-state index contributed by atoms with van der Waals surface area (Å²) in [7, 11) is 0. The molecule has 0 fully saturated rings. The first kappa shape index (κ1) is 67.1. The molecule has 0 rings (SSSR count). The lowest BCUT2D eigenvalue weighted by Crippen LogP contribution is -2.45. The number of hydrogen-bond donors (Lipinski definition) is 3. The molecule has 2 unspecified atom stereocenters. The first-order valence-corrected chi connectivity index (χ1v) is 30.7. The van der Waals surface area contributed by atoms with Crippen LogP contribution in [0.4, 0.5) is 0 Å². The topological polar surface area (TPSA) is 95.9 Å². The van der Waals surface area contributed by atoms with E-state index in [0.29, 0.717) is 25.9 Å². The number of hydrogen-bond acceptors (Lipinski definition) is 5. The minimum atomic E-state index is -0.673. The van der Waals surface area contributed by atoms with Gasteiger partial charge in [-0.3, -0.25) is 9.59 Å². The summed E-state index contributed by atoms with van der Waals surface area (Å²) in [5.41, 5.74) is 0. The number of carbonyl (C=O) groups is 2. The molecule has 0 aliphatic carbocycles. The van der Waals surface area contributed by atoms with E-state index >= 15 is 0 Å². The van der Waals surface area contributed by atoms with Crippen molar-refractivity contribution in [3.05, 3.63) is 36.5 Å². The maximum absolute atomic E-state index is 12.5. The van der Waals surface area contributed by atoms with Crippen molar-refractivity contribution in [1.29, 1.82) is 0 Å². The number of rotatable bonds is 57. The number of ether oxygens (including phenoxy) is 1. The number of nitrogens with one attached hydrogen (secondary N) is 1.